The van der Waals surface area contributed by atoms with Crippen molar-refractivity contribution in [3.63, 3.8) is 0 Å². The molecule has 2 amide bonds. The molecular formula is C17H25N3O3. The second-order valence-electron chi connectivity index (χ2n) is 5.82. The van der Waals surface area contributed by atoms with Crippen molar-refractivity contribution in [3.05, 3.63) is 30.3 Å². The molecule has 0 saturated heterocycles. The fourth-order valence-corrected chi connectivity index (χ4v) is 2.90. The van der Waals surface area contributed by atoms with Gasteiger partial charge < -0.3 is 15.8 Å². The minimum Gasteiger partial charge on any atom is -0.492 e. The summed E-state index contributed by atoms with van der Waals surface area (Å²) >= 11 is 0. The van der Waals surface area contributed by atoms with Crippen LogP contribution in [0.4, 0.5) is 0 Å². The van der Waals surface area contributed by atoms with Gasteiger partial charge in [0.15, 0.2) is 0 Å². The van der Waals surface area contributed by atoms with Gasteiger partial charge in [-0.25, -0.2) is 0 Å². The summed E-state index contributed by atoms with van der Waals surface area (Å²) in [6.45, 7) is 1.19. The number of rotatable bonds is 9. The molecule has 0 atom stereocenters. The third-order valence-corrected chi connectivity index (χ3v) is 3.98. The zero-order valence-corrected chi connectivity index (χ0v) is 13.4. The number of carbonyl (C=O) groups excluding carboxylic acids is 2. The van der Waals surface area contributed by atoms with Crippen molar-refractivity contribution < 1.29 is 14.3 Å². The highest BCUT2D eigenvalue weighted by Gasteiger charge is 2.25. The van der Waals surface area contributed by atoms with E-state index in [1.165, 1.54) is 0 Å². The number of hydrogen-bond donors (Lipinski definition) is 2. The van der Waals surface area contributed by atoms with E-state index in [9.17, 15) is 9.59 Å². The van der Waals surface area contributed by atoms with Gasteiger partial charge in [0.2, 0.25) is 11.8 Å². The largest absolute Gasteiger partial charge is 0.492 e. The summed E-state index contributed by atoms with van der Waals surface area (Å²) in [5, 5.41) is 2.82. The van der Waals surface area contributed by atoms with Crippen molar-refractivity contribution >= 4 is 11.8 Å². The summed E-state index contributed by atoms with van der Waals surface area (Å²) in [5.41, 5.74) is 5.29. The summed E-state index contributed by atoms with van der Waals surface area (Å²) in [4.78, 5) is 25.1. The minimum absolute atomic E-state index is 0.102. The van der Waals surface area contributed by atoms with E-state index in [1.54, 1.807) is 0 Å². The lowest BCUT2D eigenvalue weighted by Crippen LogP contribution is -2.46. The van der Waals surface area contributed by atoms with E-state index in [1.807, 2.05) is 35.2 Å². The topological polar surface area (TPSA) is 84.7 Å². The van der Waals surface area contributed by atoms with Crippen LogP contribution >= 0.6 is 0 Å². The molecule has 1 aliphatic rings. The summed E-state index contributed by atoms with van der Waals surface area (Å²) in [5.74, 6) is 0.287. The normalized spacial score (nSPS) is 14.8. The number of benzene rings is 1. The second-order valence-corrected chi connectivity index (χ2v) is 5.82. The lowest BCUT2D eigenvalue weighted by Gasteiger charge is -2.26. The van der Waals surface area contributed by atoms with Gasteiger partial charge in [-0.1, -0.05) is 31.0 Å². The highest BCUT2D eigenvalue weighted by molar-refractivity contribution is 5.80. The maximum absolute atomic E-state index is 12.0. The molecule has 6 nitrogen and oxygen atoms in total. The van der Waals surface area contributed by atoms with Gasteiger partial charge in [0.25, 0.3) is 0 Å². The van der Waals surface area contributed by atoms with E-state index in [2.05, 4.69) is 5.32 Å². The first-order valence-electron chi connectivity index (χ1n) is 8.12. The molecule has 1 aliphatic carbocycles. The van der Waals surface area contributed by atoms with Crippen molar-refractivity contribution in [1.29, 1.82) is 0 Å². The van der Waals surface area contributed by atoms with Crippen molar-refractivity contribution in [1.82, 2.24) is 10.2 Å². The Morgan fingerprint density at radius 2 is 1.87 bits per heavy atom. The number of hydrogen-bond acceptors (Lipinski definition) is 4. The Kier molecular flexibility index (Phi) is 6.87. The molecule has 1 saturated carbocycles. The van der Waals surface area contributed by atoms with Crippen LogP contribution in [0.25, 0.3) is 0 Å². The first kappa shape index (κ1) is 17.3. The molecule has 126 valence electrons. The van der Waals surface area contributed by atoms with E-state index in [0.717, 1.165) is 31.4 Å². The summed E-state index contributed by atoms with van der Waals surface area (Å²) in [6, 6.07) is 9.75. The third kappa shape index (κ3) is 6.28. The average molecular weight is 319 g/mol. The molecule has 3 N–H and O–H groups in total. The molecule has 1 aromatic carbocycles. The van der Waals surface area contributed by atoms with E-state index < -0.39 is 5.91 Å². The first-order chi connectivity index (χ1) is 11.1. The Hall–Kier alpha value is -2.08. The Labute approximate surface area is 137 Å². The van der Waals surface area contributed by atoms with Crippen LogP contribution in [0.1, 0.15) is 25.7 Å². The van der Waals surface area contributed by atoms with Gasteiger partial charge in [-0.2, -0.15) is 0 Å². The van der Waals surface area contributed by atoms with E-state index in [4.69, 9.17) is 10.5 Å². The number of para-hydroxylation sites is 1. The van der Waals surface area contributed by atoms with Crippen LogP contribution in [0.15, 0.2) is 30.3 Å². The highest BCUT2D eigenvalue weighted by atomic mass is 16.5. The number of nitrogens with two attached hydrogens (primary N) is 1. The molecule has 6 heteroatoms. The van der Waals surface area contributed by atoms with Gasteiger partial charge in [0.05, 0.1) is 19.6 Å². The zero-order valence-electron chi connectivity index (χ0n) is 13.4. The predicted molar refractivity (Wildman–Crippen MR) is 88.0 cm³/mol. The smallest absolute Gasteiger partial charge is 0.234 e. The summed E-state index contributed by atoms with van der Waals surface area (Å²) in [7, 11) is 0. The van der Waals surface area contributed by atoms with Gasteiger partial charge in [-0.3, -0.25) is 14.5 Å². The Balaban J connectivity index is 1.69. The fourth-order valence-electron chi connectivity index (χ4n) is 2.90. The molecular weight excluding hydrogens is 294 g/mol. The van der Waals surface area contributed by atoms with E-state index in [-0.39, 0.29) is 25.0 Å². The Morgan fingerprint density at radius 1 is 1.17 bits per heavy atom. The first-order valence-corrected chi connectivity index (χ1v) is 8.12. The minimum atomic E-state index is -0.392. The van der Waals surface area contributed by atoms with Crippen LogP contribution in [-0.2, 0) is 9.59 Å². The van der Waals surface area contributed by atoms with Crippen molar-refractivity contribution in [3.8, 4) is 5.75 Å². The number of carbonyl (C=O) groups is 2. The van der Waals surface area contributed by atoms with Crippen LogP contribution in [0, 0.1) is 0 Å². The average Bonchev–Trinajstić information content (AvgIpc) is 3.06. The second kappa shape index (κ2) is 9.15. The molecule has 23 heavy (non-hydrogen) atoms. The Morgan fingerprint density at radius 3 is 2.52 bits per heavy atom. The van der Waals surface area contributed by atoms with Crippen molar-refractivity contribution in [2.24, 2.45) is 5.73 Å². The maximum atomic E-state index is 12.0. The van der Waals surface area contributed by atoms with E-state index >= 15 is 0 Å². The quantitative estimate of drug-likeness (QED) is 0.663. The molecule has 0 spiro atoms. The van der Waals surface area contributed by atoms with Crippen LogP contribution in [-0.4, -0.2) is 49.0 Å². The molecule has 0 bridgehead atoms. The van der Waals surface area contributed by atoms with Gasteiger partial charge in [-0.15, -0.1) is 0 Å². The van der Waals surface area contributed by atoms with E-state index in [0.29, 0.717) is 13.2 Å². The molecule has 0 aromatic heterocycles. The molecule has 1 fully saturated rings. The summed E-state index contributed by atoms with van der Waals surface area (Å²) < 4.78 is 5.52. The number of ether oxygens (including phenoxy) is 1. The van der Waals surface area contributed by atoms with Crippen molar-refractivity contribution in [2.45, 2.75) is 31.7 Å². The van der Waals surface area contributed by atoms with Gasteiger partial charge in [0, 0.05) is 6.04 Å². The number of primary amides is 1. The lowest BCUT2D eigenvalue weighted by molar-refractivity contribution is -0.124. The molecule has 0 heterocycles. The maximum Gasteiger partial charge on any atom is 0.234 e. The van der Waals surface area contributed by atoms with Crippen LogP contribution < -0.4 is 15.8 Å². The number of amides is 2. The van der Waals surface area contributed by atoms with Crippen molar-refractivity contribution in [2.75, 3.05) is 26.2 Å². The standard InChI is InChI=1S/C17H25N3O3/c18-16(21)12-20(14-6-4-5-7-14)13-17(22)19-10-11-23-15-8-2-1-3-9-15/h1-3,8-9,14H,4-7,10-13H2,(H2,18,21)(H,19,22). The SMILES string of the molecule is NC(=O)CN(CC(=O)NCCOc1ccccc1)C1CCCC1. The van der Waals surface area contributed by atoms with Crippen LogP contribution in [0.5, 0.6) is 5.75 Å². The lowest BCUT2D eigenvalue weighted by atomic mass is 10.2. The molecule has 2 rings (SSSR count). The predicted octanol–water partition coefficient (Wildman–Crippen LogP) is 0.912. The van der Waals surface area contributed by atoms with Gasteiger partial charge >= 0.3 is 0 Å². The summed E-state index contributed by atoms with van der Waals surface area (Å²) in [6.07, 6.45) is 4.34. The van der Waals surface area contributed by atoms with Crippen LogP contribution in [0.2, 0.25) is 0 Å². The highest BCUT2D eigenvalue weighted by Crippen LogP contribution is 2.22. The molecule has 0 radical (unpaired) electrons. The Bertz CT molecular complexity index is 501. The molecule has 0 unspecified atom stereocenters. The monoisotopic (exact) mass is 319 g/mol. The number of nitrogens with one attached hydrogen (secondary N) is 1. The van der Waals surface area contributed by atoms with Gasteiger partial charge in [0.1, 0.15) is 12.4 Å². The zero-order chi connectivity index (χ0) is 16.5. The van der Waals surface area contributed by atoms with Crippen LogP contribution in [0.3, 0.4) is 0 Å². The number of nitrogens with zero attached hydrogens (tertiary/aromatic N) is 1. The fraction of sp³-hybridized carbons (Fsp3) is 0.529. The molecule has 1 aromatic rings. The third-order valence-electron chi connectivity index (χ3n) is 3.98. The van der Waals surface area contributed by atoms with Gasteiger partial charge in [-0.05, 0) is 25.0 Å². The molecule has 0 aliphatic heterocycles.